The minimum Gasteiger partial charge on any atom is -0.351 e. The average molecular weight is 302 g/mol. The molecule has 1 aliphatic heterocycles. The van der Waals surface area contributed by atoms with Crippen LogP contribution in [0.1, 0.15) is 51.9 Å². The summed E-state index contributed by atoms with van der Waals surface area (Å²) in [6, 6.07) is 0. The quantitative estimate of drug-likeness (QED) is 0.859. The van der Waals surface area contributed by atoms with E-state index in [9.17, 15) is 13.2 Å². The first kappa shape index (κ1) is 15.8. The van der Waals surface area contributed by atoms with Crippen molar-refractivity contribution in [1.82, 2.24) is 9.62 Å². The van der Waals surface area contributed by atoms with E-state index in [0.717, 1.165) is 38.5 Å². The third kappa shape index (κ3) is 3.95. The minimum absolute atomic E-state index is 0.0303. The average Bonchev–Trinajstić information content (AvgIpc) is 2.38. The summed E-state index contributed by atoms with van der Waals surface area (Å²) >= 11 is 0. The molecule has 1 atom stereocenters. The van der Waals surface area contributed by atoms with Gasteiger partial charge in [0.05, 0.1) is 12.2 Å². The summed E-state index contributed by atoms with van der Waals surface area (Å²) in [7, 11) is -3.19. The number of hydrogen-bond acceptors (Lipinski definition) is 3. The van der Waals surface area contributed by atoms with E-state index in [-0.39, 0.29) is 17.4 Å². The molecule has 0 aromatic carbocycles. The zero-order valence-electron chi connectivity index (χ0n) is 12.5. The van der Waals surface area contributed by atoms with Crippen molar-refractivity contribution < 1.29 is 13.2 Å². The van der Waals surface area contributed by atoms with Crippen LogP contribution in [0.5, 0.6) is 0 Å². The Morgan fingerprint density at radius 3 is 2.45 bits per heavy atom. The van der Waals surface area contributed by atoms with Crippen molar-refractivity contribution in [3.05, 3.63) is 0 Å². The van der Waals surface area contributed by atoms with Crippen LogP contribution in [-0.4, -0.2) is 43.5 Å². The monoisotopic (exact) mass is 302 g/mol. The maximum Gasteiger partial charge on any atom is 0.224 e. The van der Waals surface area contributed by atoms with Crippen molar-refractivity contribution in [1.29, 1.82) is 0 Å². The summed E-state index contributed by atoms with van der Waals surface area (Å²) in [5.74, 6) is -0.167. The lowest BCUT2D eigenvalue weighted by atomic mass is 9.82. The van der Waals surface area contributed by atoms with Gasteiger partial charge in [-0.15, -0.1) is 0 Å². The molecule has 5 nitrogen and oxygen atoms in total. The molecule has 2 rings (SSSR count). The Morgan fingerprint density at radius 1 is 1.20 bits per heavy atom. The van der Waals surface area contributed by atoms with Crippen molar-refractivity contribution >= 4 is 15.9 Å². The van der Waals surface area contributed by atoms with Gasteiger partial charge >= 0.3 is 0 Å². The molecule has 0 spiro atoms. The minimum atomic E-state index is -3.19. The number of sulfonamides is 1. The van der Waals surface area contributed by atoms with E-state index in [0.29, 0.717) is 13.1 Å². The van der Waals surface area contributed by atoms with E-state index < -0.39 is 10.0 Å². The molecule has 116 valence electrons. The number of piperidine rings is 1. The maximum atomic E-state index is 12.4. The van der Waals surface area contributed by atoms with Gasteiger partial charge in [0.25, 0.3) is 0 Å². The third-order valence-corrected chi connectivity index (χ3v) is 5.88. The van der Waals surface area contributed by atoms with Gasteiger partial charge in [-0.05, 0) is 32.6 Å². The highest BCUT2D eigenvalue weighted by Crippen LogP contribution is 2.28. The molecule has 20 heavy (non-hydrogen) atoms. The second kappa shape index (κ2) is 6.02. The van der Waals surface area contributed by atoms with Gasteiger partial charge in [0.15, 0.2) is 0 Å². The van der Waals surface area contributed by atoms with Crippen LogP contribution in [0.25, 0.3) is 0 Å². The second-order valence-corrected chi connectivity index (χ2v) is 8.55. The van der Waals surface area contributed by atoms with E-state index in [1.807, 2.05) is 0 Å². The lowest BCUT2D eigenvalue weighted by molar-refractivity contribution is -0.128. The summed E-state index contributed by atoms with van der Waals surface area (Å²) in [5.41, 5.74) is -0.0945. The normalized spacial score (nSPS) is 28.0. The van der Waals surface area contributed by atoms with Crippen molar-refractivity contribution in [2.45, 2.75) is 57.4 Å². The van der Waals surface area contributed by atoms with Gasteiger partial charge < -0.3 is 5.32 Å². The Bertz CT molecular complexity index is 455. The molecule has 1 heterocycles. The number of amides is 1. The Hall–Kier alpha value is -0.620. The highest BCUT2D eigenvalue weighted by molar-refractivity contribution is 7.88. The van der Waals surface area contributed by atoms with Crippen LogP contribution in [0.4, 0.5) is 0 Å². The fourth-order valence-electron chi connectivity index (χ4n) is 3.31. The molecule has 6 heteroatoms. The molecule has 2 aliphatic rings. The molecule has 0 radical (unpaired) electrons. The lowest BCUT2D eigenvalue weighted by Gasteiger charge is -2.37. The third-order valence-electron chi connectivity index (χ3n) is 4.61. The second-order valence-electron chi connectivity index (χ2n) is 6.57. The zero-order valence-corrected chi connectivity index (χ0v) is 13.3. The SMILES string of the molecule is CC1(NC(=O)[C@H]2CCCN(S(C)(=O)=O)C2)CCCCC1. The molecule has 1 saturated heterocycles. The summed E-state index contributed by atoms with van der Waals surface area (Å²) in [5, 5.41) is 3.18. The van der Waals surface area contributed by atoms with Crippen LogP contribution in [0.2, 0.25) is 0 Å². The topological polar surface area (TPSA) is 66.5 Å². The smallest absolute Gasteiger partial charge is 0.224 e. The van der Waals surface area contributed by atoms with Crippen LogP contribution in [0.3, 0.4) is 0 Å². The number of carbonyl (C=O) groups is 1. The van der Waals surface area contributed by atoms with Gasteiger partial charge in [-0.2, -0.15) is 0 Å². The molecule has 1 saturated carbocycles. The first-order valence-electron chi connectivity index (χ1n) is 7.57. The summed E-state index contributed by atoms with van der Waals surface area (Å²) < 4.78 is 24.6. The van der Waals surface area contributed by atoms with E-state index >= 15 is 0 Å². The molecule has 1 aliphatic carbocycles. The van der Waals surface area contributed by atoms with Gasteiger partial charge in [0, 0.05) is 18.6 Å². The Kier molecular flexibility index (Phi) is 4.74. The van der Waals surface area contributed by atoms with Gasteiger partial charge in [0.1, 0.15) is 0 Å². The zero-order chi connectivity index (χ0) is 14.8. The van der Waals surface area contributed by atoms with Crippen LogP contribution in [-0.2, 0) is 14.8 Å². The van der Waals surface area contributed by atoms with Gasteiger partial charge in [0.2, 0.25) is 15.9 Å². The lowest BCUT2D eigenvalue weighted by Crippen LogP contribution is -2.52. The van der Waals surface area contributed by atoms with Crippen LogP contribution >= 0.6 is 0 Å². The van der Waals surface area contributed by atoms with Crippen LogP contribution < -0.4 is 5.32 Å². The largest absolute Gasteiger partial charge is 0.351 e. The number of hydrogen-bond donors (Lipinski definition) is 1. The van der Waals surface area contributed by atoms with Crippen molar-refractivity contribution in [3.63, 3.8) is 0 Å². The molecular weight excluding hydrogens is 276 g/mol. The van der Waals surface area contributed by atoms with Gasteiger partial charge in [-0.3, -0.25) is 4.79 Å². The Balaban J connectivity index is 1.95. The first-order valence-corrected chi connectivity index (χ1v) is 9.42. The standard InChI is InChI=1S/C14H26N2O3S/c1-14(8-4-3-5-9-14)15-13(17)12-7-6-10-16(11-12)20(2,18)19/h12H,3-11H2,1-2H3,(H,15,17)/t12-/m0/s1. The molecule has 0 aromatic heterocycles. The molecule has 1 N–H and O–H groups in total. The first-order chi connectivity index (χ1) is 9.30. The highest BCUT2D eigenvalue weighted by Gasteiger charge is 2.34. The number of carbonyl (C=O) groups excluding carboxylic acids is 1. The Labute approximate surface area is 122 Å². The molecule has 1 amide bonds. The molecular formula is C14H26N2O3S. The van der Waals surface area contributed by atoms with E-state index in [1.54, 1.807) is 0 Å². The van der Waals surface area contributed by atoms with E-state index in [4.69, 9.17) is 0 Å². The number of nitrogens with zero attached hydrogens (tertiary/aromatic N) is 1. The fourth-order valence-corrected chi connectivity index (χ4v) is 4.23. The highest BCUT2D eigenvalue weighted by atomic mass is 32.2. The van der Waals surface area contributed by atoms with Crippen molar-refractivity contribution in [2.24, 2.45) is 5.92 Å². The molecule has 0 unspecified atom stereocenters. The van der Waals surface area contributed by atoms with Gasteiger partial charge in [-0.25, -0.2) is 12.7 Å². The maximum absolute atomic E-state index is 12.4. The van der Waals surface area contributed by atoms with Crippen LogP contribution in [0.15, 0.2) is 0 Å². The number of rotatable bonds is 3. The van der Waals surface area contributed by atoms with E-state index in [1.165, 1.54) is 17.0 Å². The summed E-state index contributed by atoms with van der Waals surface area (Å²) in [4.78, 5) is 12.4. The molecule has 2 fully saturated rings. The van der Waals surface area contributed by atoms with Crippen molar-refractivity contribution in [3.8, 4) is 0 Å². The molecule has 0 bridgehead atoms. The predicted octanol–water partition coefficient (Wildman–Crippen LogP) is 1.50. The molecule has 0 aromatic rings. The predicted molar refractivity (Wildman–Crippen MR) is 78.8 cm³/mol. The van der Waals surface area contributed by atoms with E-state index in [2.05, 4.69) is 12.2 Å². The van der Waals surface area contributed by atoms with Crippen LogP contribution in [0, 0.1) is 5.92 Å². The Morgan fingerprint density at radius 2 is 1.85 bits per heavy atom. The van der Waals surface area contributed by atoms with Gasteiger partial charge in [-0.1, -0.05) is 19.3 Å². The number of nitrogens with one attached hydrogen (secondary N) is 1. The summed E-state index contributed by atoms with van der Waals surface area (Å²) in [6.07, 6.45) is 8.40. The van der Waals surface area contributed by atoms with Crippen molar-refractivity contribution in [2.75, 3.05) is 19.3 Å². The summed E-state index contributed by atoms with van der Waals surface area (Å²) in [6.45, 7) is 2.99. The fraction of sp³-hybridized carbons (Fsp3) is 0.929.